The van der Waals surface area contributed by atoms with Crippen LogP contribution in [0.2, 0.25) is 0 Å². The predicted octanol–water partition coefficient (Wildman–Crippen LogP) is 2.85. The zero-order valence-electron chi connectivity index (χ0n) is 7.38. The standard InChI is InChI=1S/C11H16/c1-7-5-9-8-3-4-10(9)11(7,2)6-8/h3-4,7-10H,5-6H2,1-2H3/t7-,8-,9?,10+,11?/m1/s1. The van der Waals surface area contributed by atoms with E-state index >= 15 is 0 Å². The summed E-state index contributed by atoms with van der Waals surface area (Å²) in [5.41, 5.74) is 0.698. The van der Waals surface area contributed by atoms with Crippen LogP contribution >= 0.6 is 0 Å². The first kappa shape index (κ1) is 6.28. The molecule has 0 aromatic rings. The van der Waals surface area contributed by atoms with E-state index in [2.05, 4.69) is 26.0 Å². The molecule has 3 aliphatic rings. The molecule has 3 rings (SSSR count). The van der Waals surface area contributed by atoms with Crippen LogP contribution in [0.25, 0.3) is 0 Å². The van der Waals surface area contributed by atoms with Crippen molar-refractivity contribution in [3.05, 3.63) is 12.2 Å². The quantitative estimate of drug-likeness (QED) is 0.463. The Bertz CT molecular complexity index is 228. The smallest absolute Gasteiger partial charge is 0.0143 e. The van der Waals surface area contributed by atoms with Gasteiger partial charge in [-0.15, -0.1) is 0 Å². The fraction of sp³-hybridized carbons (Fsp3) is 0.818. The molecular formula is C11H16. The molecule has 0 amide bonds. The molecule has 2 unspecified atom stereocenters. The molecule has 5 atom stereocenters. The van der Waals surface area contributed by atoms with Crippen molar-refractivity contribution in [2.24, 2.45) is 29.1 Å². The van der Waals surface area contributed by atoms with Gasteiger partial charge in [0.2, 0.25) is 0 Å². The Balaban J connectivity index is 2.10. The van der Waals surface area contributed by atoms with E-state index in [0.717, 1.165) is 23.7 Å². The Morgan fingerprint density at radius 2 is 2.18 bits per heavy atom. The highest BCUT2D eigenvalue weighted by Gasteiger charge is 2.59. The van der Waals surface area contributed by atoms with Gasteiger partial charge in [0.1, 0.15) is 0 Å². The van der Waals surface area contributed by atoms with Crippen molar-refractivity contribution in [1.82, 2.24) is 0 Å². The van der Waals surface area contributed by atoms with Gasteiger partial charge in [-0.2, -0.15) is 0 Å². The Kier molecular flexibility index (Phi) is 0.898. The van der Waals surface area contributed by atoms with Gasteiger partial charge < -0.3 is 0 Å². The SMILES string of the molecule is C[C@@H]1CC2[C@@H]3C=C[C@@H]2C1(C)C3. The predicted molar refractivity (Wildman–Crippen MR) is 46.1 cm³/mol. The Hall–Kier alpha value is -0.260. The van der Waals surface area contributed by atoms with Crippen molar-refractivity contribution in [2.75, 3.05) is 0 Å². The fourth-order valence-electron chi connectivity index (χ4n) is 3.92. The van der Waals surface area contributed by atoms with Crippen LogP contribution in [-0.4, -0.2) is 0 Å². The van der Waals surface area contributed by atoms with Gasteiger partial charge in [0.05, 0.1) is 0 Å². The highest BCUT2D eigenvalue weighted by molar-refractivity contribution is 5.23. The average molecular weight is 148 g/mol. The number of hydrogen-bond donors (Lipinski definition) is 0. The Morgan fingerprint density at radius 1 is 1.36 bits per heavy atom. The van der Waals surface area contributed by atoms with E-state index in [1.165, 1.54) is 12.8 Å². The lowest BCUT2D eigenvalue weighted by atomic mass is 9.70. The highest BCUT2D eigenvalue weighted by Crippen LogP contribution is 2.67. The van der Waals surface area contributed by atoms with E-state index < -0.39 is 0 Å². The number of allylic oxidation sites excluding steroid dienone is 2. The first-order valence-electron chi connectivity index (χ1n) is 4.90. The average Bonchev–Trinajstić information content (AvgIpc) is 2.50. The van der Waals surface area contributed by atoms with Crippen molar-refractivity contribution < 1.29 is 0 Å². The van der Waals surface area contributed by atoms with Crippen LogP contribution in [-0.2, 0) is 0 Å². The lowest BCUT2D eigenvalue weighted by Gasteiger charge is -2.34. The summed E-state index contributed by atoms with van der Waals surface area (Å²) >= 11 is 0. The molecule has 0 aliphatic heterocycles. The summed E-state index contributed by atoms with van der Waals surface area (Å²) in [6, 6.07) is 0. The first-order valence-corrected chi connectivity index (χ1v) is 4.90. The van der Waals surface area contributed by atoms with Gasteiger partial charge >= 0.3 is 0 Å². The van der Waals surface area contributed by atoms with Crippen LogP contribution in [0, 0.1) is 29.1 Å². The van der Waals surface area contributed by atoms with Crippen molar-refractivity contribution in [3.8, 4) is 0 Å². The third-order valence-electron chi connectivity index (χ3n) is 4.77. The summed E-state index contributed by atoms with van der Waals surface area (Å²) in [5, 5.41) is 0. The molecule has 0 aromatic carbocycles. The summed E-state index contributed by atoms with van der Waals surface area (Å²) in [6.45, 7) is 4.95. The lowest BCUT2D eigenvalue weighted by molar-refractivity contribution is 0.181. The molecule has 60 valence electrons. The van der Waals surface area contributed by atoms with Gasteiger partial charge in [-0.3, -0.25) is 0 Å². The zero-order valence-corrected chi connectivity index (χ0v) is 7.38. The molecule has 0 saturated heterocycles. The minimum Gasteiger partial charge on any atom is -0.0848 e. The zero-order chi connectivity index (χ0) is 7.64. The molecule has 4 bridgehead atoms. The van der Waals surface area contributed by atoms with Crippen LogP contribution < -0.4 is 0 Å². The minimum absolute atomic E-state index is 0.698. The van der Waals surface area contributed by atoms with Crippen molar-refractivity contribution in [2.45, 2.75) is 26.7 Å². The fourth-order valence-corrected chi connectivity index (χ4v) is 3.92. The van der Waals surface area contributed by atoms with Crippen LogP contribution in [0.15, 0.2) is 12.2 Å². The summed E-state index contributed by atoms with van der Waals surface area (Å²) < 4.78 is 0. The molecule has 0 N–H and O–H groups in total. The van der Waals surface area contributed by atoms with Gasteiger partial charge in [0.25, 0.3) is 0 Å². The van der Waals surface area contributed by atoms with Crippen molar-refractivity contribution in [3.63, 3.8) is 0 Å². The van der Waals surface area contributed by atoms with Gasteiger partial charge in [-0.1, -0.05) is 26.0 Å². The highest BCUT2D eigenvalue weighted by atomic mass is 14.6. The second-order valence-electron chi connectivity index (χ2n) is 5.09. The van der Waals surface area contributed by atoms with Gasteiger partial charge in [-0.25, -0.2) is 0 Å². The minimum atomic E-state index is 0.698. The Labute approximate surface area is 68.7 Å². The van der Waals surface area contributed by atoms with Gasteiger partial charge in [-0.05, 0) is 41.9 Å². The molecule has 0 radical (unpaired) electrons. The second-order valence-corrected chi connectivity index (χ2v) is 5.09. The van der Waals surface area contributed by atoms with Crippen LogP contribution in [0.5, 0.6) is 0 Å². The van der Waals surface area contributed by atoms with Gasteiger partial charge in [0, 0.05) is 0 Å². The molecule has 0 aromatic heterocycles. The largest absolute Gasteiger partial charge is 0.0848 e. The molecule has 11 heavy (non-hydrogen) atoms. The van der Waals surface area contributed by atoms with E-state index in [1.807, 2.05) is 0 Å². The second kappa shape index (κ2) is 1.57. The summed E-state index contributed by atoms with van der Waals surface area (Å²) in [6.07, 6.45) is 7.96. The van der Waals surface area contributed by atoms with E-state index in [0.29, 0.717) is 5.41 Å². The molecule has 0 heterocycles. The molecule has 3 aliphatic carbocycles. The first-order chi connectivity index (χ1) is 5.22. The molecule has 0 heteroatoms. The third kappa shape index (κ3) is 0.513. The normalized spacial score (nSPS) is 64.5. The summed E-state index contributed by atoms with van der Waals surface area (Å²) in [5.74, 6) is 3.97. The van der Waals surface area contributed by atoms with E-state index in [4.69, 9.17) is 0 Å². The van der Waals surface area contributed by atoms with E-state index in [-0.39, 0.29) is 0 Å². The number of rotatable bonds is 0. The monoisotopic (exact) mass is 148 g/mol. The number of hydrogen-bond acceptors (Lipinski definition) is 0. The topological polar surface area (TPSA) is 0 Å². The van der Waals surface area contributed by atoms with Crippen molar-refractivity contribution in [1.29, 1.82) is 0 Å². The molecule has 0 spiro atoms. The Morgan fingerprint density at radius 3 is 2.73 bits per heavy atom. The lowest BCUT2D eigenvalue weighted by Crippen LogP contribution is -2.26. The van der Waals surface area contributed by atoms with E-state index in [9.17, 15) is 0 Å². The van der Waals surface area contributed by atoms with Crippen LogP contribution in [0.4, 0.5) is 0 Å². The maximum absolute atomic E-state index is 2.51. The molecule has 2 fully saturated rings. The van der Waals surface area contributed by atoms with Crippen LogP contribution in [0.3, 0.4) is 0 Å². The van der Waals surface area contributed by atoms with Gasteiger partial charge in [0.15, 0.2) is 0 Å². The van der Waals surface area contributed by atoms with Crippen molar-refractivity contribution >= 4 is 0 Å². The molecule has 2 saturated carbocycles. The summed E-state index contributed by atoms with van der Waals surface area (Å²) in [7, 11) is 0. The van der Waals surface area contributed by atoms with E-state index in [1.54, 1.807) is 0 Å². The van der Waals surface area contributed by atoms with Crippen LogP contribution in [0.1, 0.15) is 26.7 Å². The third-order valence-corrected chi connectivity index (χ3v) is 4.77. The summed E-state index contributed by atoms with van der Waals surface area (Å²) in [4.78, 5) is 0. The molecular weight excluding hydrogens is 132 g/mol. The maximum atomic E-state index is 2.51. The molecule has 0 nitrogen and oxygen atoms in total. The maximum Gasteiger partial charge on any atom is -0.0143 e.